The molecule has 108 valence electrons. The molecule has 0 aliphatic heterocycles. The van der Waals surface area contributed by atoms with E-state index in [2.05, 4.69) is 4.98 Å². The third-order valence-electron chi connectivity index (χ3n) is 3.31. The van der Waals surface area contributed by atoms with Crippen LogP contribution in [-0.4, -0.2) is 10.1 Å². The highest BCUT2D eigenvalue weighted by molar-refractivity contribution is 5.92. The quantitative estimate of drug-likeness (QED) is 0.770. The third-order valence-corrected chi connectivity index (χ3v) is 3.31. The zero-order chi connectivity index (χ0) is 15.4. The molecule has 0 saturated carbocycles. The van der Waals surface area contributed by atoms with Gasteiger partial charge >= 0.3 is 0 Å². The van der Waals surface area contributed by atoms with Crippen molar-refractivity contribution in [3.05, 3.63) is 95.6 Å². The Labute approximate surface area is 128 Å². The summed E-state index contributed by atoms with van der Waals surface area (Å²) in [5.41, 5.74) is 2.78. The summed E-state index contributed by atoms with van der Waals surface area (Å²) in [5.74, 6) is -0.358. The van der Waals surface area contributed by atoms with Crippen molar-refractivity contribution in [1.29, 1.82) is 0 Å². The zero-order valence-electron chi connectivity index (χ0n) is 11.8. The van der Waals surface area contributed by atoms with Crippen molar-refractivity contribution in [2.75, 3.05) is 0 Å². The molecule has 0 aliphatic rings. The maximum absolute atomic E-state index is 13.6. The summed E-state index contributed by atoms with van der Waals surface area (Å²) in [6.45, 7) is 0. The minimum atomic E-state index is -0.393. The highest BCUT2D eigenvalue weighted by Gasteiger charge is 2.11. The first-order valence-electron chi connectivity index (χ1n) is 6.91. The lowest BCUT2D eigenvalue weighted by molar-refractivity contribution is 0.471. The first kappa shape index (κ1) is 14.0. The number of aromatic hydroxyl groups is 1. The molecule has 22 heavy (non-hydrogen) atoms. The topological polar surface area (TPSA) is 33.1 Å². The van der Waals surface area contributed by atoms with E-state index >= 15 is 0 Å². The number of phenols is 1. The van der Waals surface area contributed by atoms with Gasteiger partial charge in [0.1, 0.15) is 11.6 Å². The molecule has 0 bridgehead atoms. The summed E-state index contributed by atoms with van der Waals surface area (Å²) in [7, 11) is 0. The highest BCUT2D eigenvalue weighted by Crippen LogP contribution is 2.32. The van der Waals surface area contributed by atoms with Gasteiger partial charge in [-0.3, -0.25) is 4.98 Å². The molecule has 2 aromatic carbocycles. The predicted molar refractivity (Wildman–Crippen MR) is 85.7 cm³/mol. The molecular weight excluding hydrogens is 277 g/mol. The van der Waals surface area contributed by atoms with Gasteiger partial charge in [-0.25, -0.2) is 4.39 Å². The highest BCUT2D eigenvalue weighted by atomic mass is 19.1. The van der Waals surface area contributed by atoms with Crippen LogP contribution in [-0.2, 0) is 0 Å². The standard InChI is InChI=1S/C19H14FNO/c20-15-9-10-19(22)18(12-15)17(14-6-2-1-3-7-14)13-16-8-4-5-11-21-16/h1-13,22H/b17-13+. The lowest BCUT2D eigenvalue weighted by Gasteiger charge is -2.11. The molecule has 0 saturated heterocycles. The van der Waals surface area contributed by atoms with Gasteiger partial charge in [-0.15, -0.1) is 0 Å². The molecule has 3 aromatic rings. The Morgan fingerprint density at radius 2 is 1.73 bits per heavy atom. The molecule has 0 fully saturated rings. The van der Waals surface area contributed by atoms with Crippen LogP contribution in [0.4, 0.5) is 4.39 Å². The molecule has 0 spiro atoms. The van der Waals surface area contributed by atoms with Crippen molar-refractivity contribution in [2.45, 2.75) is 0 Å². The predicted octanol–water partition coefficient (Wildman–Crippen LogP) is 4.52. The van der Waals surface area contributed by atoms with Crippen molar-refractivity contribution < 1.29 is 9.50 Å². The van der Waals surface area contributed by atoms with Crippen LogP contribution in [0.3, 0.4) is 0 Å². The van der Waals surface area contributed by atoms with E-state index < -0.39 is 5.82 Å². The van der Waals surface area contributed by atoms with Crippen LogP contribution in [0.2, 0.25) is 0 Å². The Bertz CT molecular complexity index is 798. The normalized spacial score (nSPS) is 11.4. The lowest BCUT2D eigenvalue weighted by Crippen LogP contribution is -1.91. The van der Waals surface area contributed by atoms with E-state index in [0.717, 1.165) is 16.8 Å². The average Bonchev–Trinajstić information content (AvgIpc) is 2.57. The second-order valence-electron chi connectivity index (χ2n) is 4.84. The van der Waals surface area contributed by atoms with Gasteiger partial charge in [0.15, 0.2) is 0 Å². The van der Waals surface area contributed by atoms with Gasteiger partial charge in [-0.05, 0) is 47.5 Å². The number of benzene rings is 2. The van der Waals surface area contributed by atoms with Gasteiger partial charge in [0.05, 0.1) is 5.69 Å². The van der Waals surface area contributed by atoms with Gasteiger partial charge in [0.2, 0.25) is 0 Å². The number of aromatic nitrogens is 1. The summed E-state index contributed by atoms with van der Waals surface area (Å²) in [6.07, 6.45) is 3.53. The van der Waals surface area contributed by atoms with Crippen LogP contribution in [0, 0.1) is 5.82 Å². The molecule has 1 N–H and O–H groups in total. The van der Waals surface area contributed by atoms with E-state index in [1.807, 2.05) is 54.6 Å². The second-order valence-corrected chi connectivity index (χ2v) is 4.84. The summed E-state index contributed by atoms with van der Waals surface area (Å²) >= 11 is 0. The molecule has 0 radical (unpaired) electrons. The number of hydrogen-bond donors (Lipinski definition) is 1. The summed E-state index contributed by atoms with van der Waals surface area (Å²) < 4.78 is 13.6. The van der Waals surface area contributed by atoms with Crippen LogP contribution in [0.15, 0.2) is 72.9 Å². The fourth-order valence-corrected chi connectivity index (χ4v) is 2.27. The molecule has 3 rings (SSSR count). The van der Waals surface area contributed by atoms with Crippen molar-refractivity contribution in [3.63, 3.8) is 0 Å². The number of pyridine rings is 1. The monoisotopic (exact) mass is 291 g/mol. The number of rotatable bonds is 3. The van der Waals surface area contributed by atoms with Gasteiger partial charge in [0.25, 0.3) is 0 Å². The number of phenolic OH excluding ortho intramolecular Hbond substituents is 1. The average molecular weight is 291 g/mol. The van der Waals surface area contributed by atoms with Crippen LogP contribution in [0.1, 0.15) is 16.8 Å². The van der Waals surface area contributed by atoms with Crippen molar-refractivity contribution in [3.8, 4) is 5.75 Å². The molecule has 0 atom stereocenters. The van der Waals surface area contributed by atoms with Crippen LogP contribution in [0.5, 0.6) is 5.75 Å². The molecule has 1 heterocycles. The molecule has 2 nitrogen and oxygen atoms in total. The number of halogens is 1. The van der Waals surface area contributed by atoms with E-state index in [4.69, 9.17) is 0 Å². The maximum Gasteiger partial charge on any atom is 0.124 e. The van der Waals surface area contributed by atoms with Gasteiger partial charge in [-0.2, -0.15) is 0 Å². The third kappa shape index (κ3) is 3.04. The lowest BCUT2D eigenvalue weighted by atomic mass is 9.96. The van der Waals surface area contributed by atoms with E-state index in [-0.39, 0.29) is 5.75 Å². The van der Waals surface area contributed by atoms with Gasteiger partial charge in [0, 0.05) is 11.8 Å². The minimum absolute atomic E-state index is 0.0347. The fourth-order valence-electron chi connectivity index (χ4n) is 2.27. The molecule has 1 aromatic heterocycles. The van der Waals surface area contributed by atoms with E-state index in [1.165, 1.54) is 18.2 Å². The smallest absolute Gasteiger partial charge is 0.124 e. The number of nitrogens with zero attached hydrogens (tertiary/aromatic N) is 1. The molecule has 0 unspecified atom stereocenters. The van der Waals surface area contributed by atoms with E-state index in [0.29, 0.717) is 5.56 Å². The zero-order valence-corrected chi connectivity index (χ0v) is 11.8. The Kier molecular flexibility index (Phi) is 3.97. The van der Waals surface area contributed by atoms with E-state index in [9.17, 15) is 9.50 Å². The largest absolute Gasteiger partial charge is 0.507 e. The number of hydrogen-bond acceptors (Lipinski definition) is 2. The van der Waals surface area contributed by atoms with Crippen LogP contribution < -0.4 is 0 Å². The Morgan fingerprint density at radius 3 is 2.45 bits per heavy atom. The second kappa shape index (κ2) is 6.22. The maximum atomic E-state index is 13.6. The van der Waals surface area contributed by atoms with Crippen molar-refractivity contribution in [1.82, 2.24) is 4.98 Å². The molecule has 3 heteroatoms. The first-order chi connectivity index (χ1) is 10.7. The van der Waals surface area contributed by atoms with Crippen molar-refractivity contribution >= 4 is 11.6 Å². The van der Waals surface area contributed by atoms with Gasteiger partial charge in [-0.1, -0.05) is 36.4 Å². The first-order valence-corrected chi connectivity index (χ1v) is 6.91. The Morgan fingerprint density at radius 1 is 0.955 bits per heavy atom. The summed E-state index contributed by atoms with van der Waals surface area (Å²) in [6, 6.07) is 19.0. The molecular formula is C19H14FNO. The summed E-state index contributed by atoms with van der Waals surface area (Å²) in [4.78, 5) is 4.27. The minimum Gasteiger partial charge on any atom is -0.507 e. The molecule has 0 amide bonds. The van der Waals surface area contributed by atoms with Crippen LogP contribution in [0.25, 0.3) is 11.6 Å². The summed E-state index contributed by atoms with van der Waals surface area (Å²) in [5, 5.41) is 10.1. The van der Waals surface area contributed by atoms with Gasteiger partial charge < -0.3 is 5.11 Å². The molecule has 0 aliphatic carbocycles. The Balaban J connectivity index is 2.20. The Hall–Kier alpha value is -2.94. The van der Waals surface area contributed by atoms with E-state index in [1.54, 1.807) is 6.20 Å². The SMILES string of the molecule is Oc1ccc(F)cc1/C(=C/c1ccccn1)c1ccccc1. The van der Waals surface area contributed by atoms with Crippen LogP contribution >= 0.6 is 0 Å². The van der Waals surface area contributed by atoms with Crippen molar-refractivity contribution in [2.24, 2.45) is 0 Å². The fraction of sp³-hybridized carbons (Fsp3) is 0.